The first-order chi connectivity index (χ1) is 11.6. The Morgan fingerprint density at radius 3 is 1.88 bits per heavy atom. The largest absolute Gasteiger partial charge is 0.507 e. The summed E-state index contributed by atoms with van der Waals surface area (Å²) in [7, 11) is 0. The van der Waals surface area contributed by atoms with Crippen molar-refractivity contribution < 1.29 is 9.90 Å². The van der Waals surface area contributed by atoms with E-state index in [1.165, 1.54) is 6.08 Å². The van der Waals surface area contributed by atoms with Gasteiger partial charge in [-0.2, -0.15) is 0 Å². The van der Waals surface area contributed by atoms with E-state index in [0.29, 0.717) is 12.3 Å². The van der Waals surface area contributed by atoms with Gasteiger partial charge in [-0.25, -0.2) is 0 Å². The number of nitrogens with one attached hydrogen (secondary N) is 1. The van der Waals surface area contributed by atoms with Crippen LogP contribution in [-0.2, 0) is 22.2 Å². The maximum atomic E-state index is 11.5. The second-order valence-corrected chi connectivity index (χ2v) is 8.23. The molecule has 140 valence electrons. The molecule has 1 amide bonds. The zero-order valence-electron chi connectivity index (χ0n) is 16.8. The minimum atomic E-state index is -0.184. The van der Waals surface area contributed by atoms with Gasteiger partial charge < -0.3 is 10.4 Å². The van der Waals surface area contributed by atoms with E-state index in [4.69, 9.17) is 0 Å². The highest BCUT2D eigenvalue weighted by atomic mass is 16.3. The van der Waals surface area contributed by atoms with Gasteiger partial charge in [-0.15, -0.1) is 0 Å². The van der Waals surface area contributed by atoms with E-state index in [0.717, 1.165) is 42.4 Å². The molecular formula is C22H35NO2. The van der Waals surface area contributed by atoms with Gasteiger partial charge in [0, 0.05) is 17.7 Å². The highest BCUT2D eigenvalue weighted by molar-refractivity contribution is 5.86. The summed E-state index contributed by atoms with van der Waals surface area (Å²) in [5.74, 6) is 0.229. The summed E-state index contributed by atoms with van der Waals surface area (Å²) in [5.41, 5.74) is 2.73. The SMILES string of the molecule is C=CC(=O)NCc1cc(C(C)(C)CCC)c(O)c(C(C)(C)CCC)c1. The number of hydrogen-bond acceptors (Lipinski definition) is 2. The molecule has 3 nitrogen and oxygen atoms in total. The van der Waals surface area contributed by atoms with Crippen molar-refractivity contribution in [2.75, 3.05) is 0 Å². The van der Waals surface area contributed by atoms with Gasteiger partial charge in [0.2, 0.25) is 5.91 Å². The molecule has 0 aliphatic carbocycles. The van der Waals surface area contributed by atoms with E-state index in [1.54, 1.807) is 0 Å². The second kappa shape index (κ2) is 8.55. The number of rotatable bonds is 9. The van der Waals surface area contributed by atoms with Crippen LogP contribution in [0.4, 0.5) is 0 Å². The first kappa shape index (κ1) is 21.3. The molecule has 0 saturated heterocycles. The average Bonchev–Trinajstić information content (AvgIpc) is 2.52. The fourth-order valence-corrected chi connectivity index (χ4v) is 3.61. The Kier molecular flexibility index (Phi) is 7.28. The molecule has 0 bridgehead atoms. The Balaban J connectivity index is 3.44. The molecule has 1 rings (SSSR count). The molecule has 0 saturated carbocycles. The Morgan fingerprint density at radius 2 is 1.52 bits per heavy atom. The maximum absolute atomic E-state index is 11.5. The molecule has 0 aliphatic rings. The first-order valence-corrected chi connectivity index (χ1v) is 9.36. The first-order valence-electron chi connectivity index (χ1n) is 9.36. The average molecular weight is 346 g/mol. The van der Waals surface area contributed by atoms with Crippen molar-refractivity contribution in [3.8, 4) is 5.75 Å². The Hall–Kier alpha value is -1.77. The van der Waals surface area contributed by atoms with Gasteiger partial charge in [0.25, 0.3) is 0 Å². The van der Waals surface area contributed by atoms with Crippen LogP contribution in [0.25, 0.3) is 0 Å². The predicted octanol–water partition coefficient (Wildman–Crippen LogP) is 5.35. The predicted molar refractivity (Wildman–Crippen MR) is 106 cm³/mol. The van der Waals surface area contributed by atoms with Gasteiger partial charge >= 0.3 is 0 Å². The van der Waals surface area contributed by atoms with Crippen molar-refractivity contribution in [2.24, 2.45) is 0 Å². The second-order valence-electron chi connectivity index (χ2n) is 8.23. The molecule has 0 aliphatic heterocycles. The van der Waals surface area contributed by atoms with E-state index >= 15 is 0 Å². The number of hydrogen-bond donors (Lipinski definition) is 2. The third-order valence-corrected chi connectivity index (χ3v) is 5.03. The van der Waals surface area contributed by atoms with Gasteiger partial charge in [-0.05, 0) is 47.4 Å². The van der Waals surface area contributed by atoms with Crippen molar-refractivity contribution >= 4 is 5.91 Å². The van der Waals surface area contributed by atoms with Crippen LogP contribution >= 0.6 is 0 Å². The molecule has 1 aromatic carbocycles. The van der Waals surface area contributed by atoms with E-state index in [9.17, 15) is 9.90 Å². The fourth-order valence-electron chi connectivity index (χ4n) is 3.61. The molecule has 1 aromatic rings. The maximum Gasteiger partial charge on any atom is 0.243 e. The molecule has 0 unspecified atom stereocenters. The van der Waals surface area contributed by atoms with Gasteiger partial charge in [0.15, 0.2) is 0 Å². The third kappa shape index (κ3) is 5.35. The molecule has 0 aromatic heterocycles. The van der Waals surface area contributed by atoms with Crippen LogP contribution in [0.15, 0.2) is 24.8 Å². The lowest BCUT2D eigenvalue weighted by molar-refractivity contribution is -0.116. The summed E-state index contributed by atoms with van der Waals surface area (Å²) in [6.07, 6.45) is 5.38. The van der Waals surface area contributed by atoms with E-state index in [2.05, 4.69) is 53.4 Å². The van der Waals surface area contributed by atoms with E-state index in [1.807, 2.05) is 12.1 Å². The molecule has 0 atom stereocenters. The number of carbonyl (C=O) groups is 1. The normalized spacial score (nSPS) is 12.1. The van der Waals surface area contributed by atoms with Gasteiger partial charge in [-0.3, -0.25) is 4.79 Å². The minimum Gasteiger partial charge on any atom is -0.507 e. The number of phenols is 1. The highest BCUT2D eigenvalue weighted by Gasteiger charge is 2.30. The number of benzene rings is 1. The topological polar surface area (TPSA) is 49.3 Å². The van der Waals surface area contributed by atoms with E-state index < -0.39 is 0 Å². The van der Waals surface area contributed by atoms with Crippen LogP contribution in [0.5, 0.6) is 5.75 Å². The Morgan fingerprint density at radius 1 is 1.08 bits per heavy atom. The lowest BCUT2D eigenvalue weighted by Crippen LogP contribution is -2.24. The summed E-state index contributed by atoms with van der Waals surface area (Å²) >= 11 is 0. The van der Waals surface area contributed by atoms with Crippen molar-refractivity contribution in [2.45, 2.75) is 84.6 Å². The van der Waals surface area contributed by atoms with Crippen molar-refractivity contribution in [1.29, 1.82) is 0 Å². The van der Waals surface area contributed by atoms with Gasteiger partial charge in [0.05, 0.1) is 0 Å². The fraction of sp³-hybridized carbons (Fsp3) is 0.591. The molecule has 0 heterocycles. The van der Waals surface area contributed by atoms with Crippen LogP contribution in [0.3, 0.4) is 0 Å². The number of aromatic hydroxyl groups is 1. The van der Waals surface area contributed by atoms with E-state index in [-0.39, 0.29) is 16.7 Å². The van der Waals surface area contributed by atoms with Crippen molar-refractivity contribution in [3.05, 3.63) is 41.5 Å². The van der Waals surface area contributed by atoms with Crippen LogP contribution in [0, 0.1) is 0 Å². The quantitative estimate of drug-likeness (QED) is 0.593. The smallest absolute Gasteiger partial charge is 0.243 e. The Bertz CT molecular complexity index is 575. The van der Waals surface area contributed by atoms with Crippen molar-refractivity contribution in [1.82, 2.24) is 5.32 Å². The summed E-state index contributed by atoms with van der Waals surface area (Å²) < 4.78 is 0. The summed E-state index contributed by atoms with van der Waals surface area (Å²) in [6.45, 7) is 17.0. The summed E-state index contributed by atoms with van der Waals surface area (Å²) in [5, 5.41) is 13.9. The molecule has 0 radical (unpaired) electrons. The molecular weight excluding hydrogens is 310 g/mol. The zero-order valence-corrected chi connectivity index (χ0v) is 16.8. The van der Waals surface area contributed by atoms with Crippen LogP contribution in [0.1, 0.15) is 83.9 Å². The zero-order chi connectivity index (χ0) is 19.3. The highest BCUT2D eigenvalue weighted by Crippen LogP contribution is 2.43. The lowest BCUT2D eigenvalue weighted by Gasteiger charge is -2.32. The molecule has 25 heavy (non-hydrogen) atoms. The summed E-state index contributed by atoms with van der Waals surface area (Å²) in [6, 6.07) is 4.08. The number of carbonyl (C=O) groups excluding carboxylic acids is 1. The van der Waals surface area contributed by atoms with Crippen LogP contribution in [0.2, 0.25) is 0 Å². The number of phenolic OH excluding ortho intramolecular Hbond substituents is 1. The van der Waals surface area contributed by atoms with Gasteiger partial charge in [-0.1, -0.05) is 61.0 Å². The standard InChI is InChI=1S/C22H35NO2/c1-8-11-21(4,5)17-13-16(15-23-19(24)10-3)14-18(20(17)25)22(6,7)12-9-2/h10,13-14,25H,3,8-9,11-12,15H2,1-2,4-7H3,(H,23,24). The third-order valence-electron chi connectivity index (χ3n) is 5.03. The minimum absolute atomic E-state index is 0.117. The lowest BCUT2D eigenvalue weighted by atomic mass is 9.73. The van der Waals surface area contributed by atoms with Crippen LogP contribution < -0.4 is 5.32 Å². The van der Waals surface area contributed by atoms with Crippen molar-refractivity contribution in [3.63, 3.8) is 0 Å². The summed E-state index contributed by atoms with van der Waals surface area (Å²) in [4.78, 5) is 11.5. The van der Waals surface area contributed by atoms with Crippen LogP contribution in [-0.4, -0.2) is 11.0 Å². The molecule has 3 heteroatoms. The molecule has 2 N–H and O–H groups in total. The Labute approximate surface area is 153 Å². The monoisotopic (exact) mass is 345 g/mol. The molecule has 0 fully saturated rings. The number of amides is 1. The molecule has 0 spiro atoms. The van der Waals surface area contributed by atoms with Gasteiger partial charge in [0.1, 0.15) is 5.75 Å².